The Morgan fingerprint density at radius 2 is 1.37 bits per heavy atom. The summed E-state index contributed by atoms with van der Waals surface area (Å²) >= 11 is 0. The number of hydrogen-bond acceptors (Lipinski definition) is 1. The molecule has 0 radical (unpaired) electrons. The Balaban J connectivity index is 0.00000420. The third-order valence-corrected chi connectivity index (χ3v) is 10.2. The van der Waals surface area contributed by atoms with Crippen molar-refractivity contribution in [2.24, 2.45) is 0 Å². The van der Waals surface area contributed by atoms with Crippen molar-refractivity contribution in [1.29, 1.82) is 0 Å². The Kier molecular flexibility index (Phi) is 14.0. The molecule has 0 fully saturated rings. The maximum atomic E-state index is 6.90. The van der Waals surface area contributed by atoms with Crippen LogP contribution in [0.25, 0.3) is 0 Å². The van der Waals surface area contributed by atoms with Crippen molar-refractivity contribution in [2.75, 3.05) is 6.61 Å². The molecular weight excluding hydrogens is 529 g/mol. The van der Waals surface area contributed by atoms with Gasteiger partial charge in [-0.25, -0.2) is 18.6 Å². The fourth-order valence-electron chi connectivity index (χ4n) is 3.72. The van der Waals surface area contributed by atoms with Crippen LogP contribution < -0.4 is 22.8 Å². The quantitative estimate of drug-likeness (QED) is 0.273. The average Bonchev–Trinajstić information content (AvgIpc) is 2.65. The van der Waals surface area contributed by atoms with E-state index in [0.717, 1.165) is 18.4 Å². The third kappa shape index (κ3) is 8.07. The topological polar surface area (TPSA) is 9.23 Å². The third-order valence-electron chi connectivity index (χ3n) is 5.18. The molecule has 2 rings (SSSR count). The van der Waals surface area contributed by atoms with E-state index < -0.39 is 8.32 Å². The molecule has 0 unspecified atom stereocenters. The fraction of sp³-hybridized carbons (Fsp3) is 0.346. The van der Waals surface area contributed by atoms with Gasteiger partial charge in [-0.15, -0.1) is 0 Å². The van der Waals surface area contributed by atoms with Crippen LogP contribution >= 0.6 is 0 Å². The molecule has 1 nitrogen and oxygen atoms in total. The first-order chi connectivity index (χ1) is 13.3. The van der Waals surface area contributed by atoms with Gasteiger partial charge in [0.05, 0.1) is 6.61 Å². The number of hydrogen-bond donors (Lipinski definition) is 0. The van der Waals surface area contributed by atoms with E-state index in [2.05, 4.69) is 107 Å². The summed E-state index contributed by atoms with van der Waals surface area (Å²) in [7, 11) is -2.43. The summed E-state index contributed by atoms with van der Waals surface area (Å²) in [5.74, 6) is 0. The van der Waals surface area contributed by atoms with Crippen LogP contribution in [0.15, 0.2) is 84.0 Å². The molecule has 30 heavy (non-hydrogen) atoms. The summed E-state index contributed by atoms with van der Waals surface area (Å²) in [6.45, 7) is 15.8. The van der Waals surface area contributed by atoms with Gasteiger partial charge in [0.1, 0.15) is 0 Å². The van der Waals surface area contributed by atoms with E-state index in [-0.39, 0.29) is 66.3 Å². The van der Waals surface area contributed by atoms with Crippen LogP contribution in [0.1, 0.15) is 47.5 Å². The molecule has 0 bridgehead atoms. The molecule has 0 saturated carbocycles. The molecule has 0 N–H and O–H groups in total. The van der Waals surface area contributed by atoms with Gasteiger partial charge in [0.15, 0.2) is 0 Å². The zero-order valence-electron chi connectivity index (χ0n) is 19.2. The minimum absolute atomic E-state index is 0. The van der Waals surface area contributed by atoms with E-state index in [0.29, 0.717) is 6.61 Å². The van der Waals surface area contributed by atoms with Crippen LogP contribution in [0.2, 0.25) is 5.04 Å². The van der Waals surface area contributed by atoms with E-state index in [9.17, 15) is 0 Å². The molecule has 0 aromatic heterocycles. The van der Waals surface area contributed by atoms with Crippen LogP contribution in [0.4, 0.5) is 0 Å². The molecule has 158 valence electrons. The van der Waals surface area contributed by atoms with Crippen molar-refractivity contribution >= 4 is 67.6 Å². The van der Waals surface area contributed by atoms with E-state index in [1.165, 1.54) is 15.9 Å². The van der Waals surface area contributed by atoms with Gasteiger partial charge in [0.2, 0.25) is 0 Å². The molecule has 0 aliphatic rings. The van der Waals surface area contributed by atoms with Crippen molar-refractivity contribution in [3.63, 3.8) is 0 Å². The molecule has 0 amide bonds. The molecule has 0 heterocycles. The van der Waals surface area contributed by atoms with Gasteiger partial charge in [-0.1, -0.05) is 106 Å². The first-order valence-corrected chi connectivity index (χ1v) is 12.1. The van der Waals surface area contributed by atoms with Gasteiger partial charge in [-0.05, 0) is 28.8 Å². The predicted molar refractivity (Wildman–Crippen MR) is 131 cm³/mol. The first kappa shape index (κ1) is 29.8. The summed E-state index contributed by atoms with van der Waals surface area (Å²) in [6.07, 6.45) is 6.54. The summed E-state index contributed by atoms with van der Waals surface area (Å²) in [4.78, 5) is 0. The fourth-order valence-corrected chi connectivity index (χ4v) is 8.21. The maximum Gasteiger partial charge on any atom is 2.00 e. The van der Waals surface area contributed by atoms with Crippen LogP contribution in [-0.4, -0.2) is 63.8 Å². The smallest absolute Gasteiger partial charge is 1.00 e. The Labute approximate surface area is 232 Å². The summed E-state index contributed by atoms with van der Waals surface area (Å²) in [5.41, 5.74) is 2.51. The van der Waals surface area contributed by atoms with Crippen LogP contribution in [0, 0.1) is 6.92 Å². The summed E-state index contributed by atoms with van der Waals surface area (Å²) < 4.78 is 6.90. The standard InChI is InChI=1S/C26H35OSi.Ba.ClH/c1-22(2)14-13-15-23(3)20-21-27-28(26(4,5)6,24-16-9-7-10-17-24)25-18-11-8-12-19-25;;/h7-12,14,16-20H,1,13,15,21H2,2-6H3;;1H/q-1;+2;/p-1/b22-14-,23-20+;;. The first-order valence-electron chi connectivity index (χ1n) is 10.2. The molecule has 0 saturated heterocycles. The largest absolute Gasteiger partial charge is 2.00 e. The van der Waals surface area contributed by atoms with Crippen LogP contribution in [-0.2, 0) is 4.43 Å². The van der Waals surface area contributed by atoms with Gasteiger partial charge >= 0.3 is 48.9 Å². The Bertz CT molecular complexity index is 751. The van der Waals surface area contributed by atoms with Gasteiger partial charge in [0, 0.05) is 0 Å². The second-order valence-corrected chi connectivity index (χ2v) is 12.9. The van der Waals surface area contributed by atoms with Crippen molar-refractivity contribution in [1.82, 2.24) is 0 Å². The van der Waals surface area contributed by atoms with Crippen molar-refractivity contribution in [2.45, 2.75) is 52.5 Å². The molecule has 0 aliphatic heterocycles. The second-order valence-electron chi connectivity index (χ2n) is 8.61. The van der Waals surface area contributed by atoms with Crippen molar-refractivity contribution < 1.29 is 16.8 Å². The summed E-state index contributed by atoms with van der Waals surface area (Å²) in [6, 6.07) is 21.6. The van der Waals surface area contributed by atoms with Gasteiger partial charge < -0.3 is 16.8 Å². The normalized spacial score (nSPS) is 12.7. The van der Waals surface area contributed by atoms with E-state index in [4.69, 9.17) is 4.43 Å². The SMILES string of the molecule is [Ba+2].[CH2-]/C(C)=C/CC/C(C)=C/CO[Si](c1ccccc1)(c1ccccc1)C(C)(C)C.[Cl-]. The Morgan fingerprint density at radius 1 is 0.900 bits per heavy atom. The number of benzene rings is 2. The van der Waals surface area contributed by atoms with E-state index in [1.807, 2.05) is 6.92 Å². The van der Waals surface area contributed by atoms with Gasteiger partial charge in [0.25, 0.3) is 8.32 Å². The van der Waals surface area contributed by atoms with Crippen molar-refractivity contribution in [3.05, 3.63) is 90.9 Å². The number of allylic oxidation sites excluding steroid dienone is 3. The molecule has 0 atom stereocenters. The minimum atomic E-state index is -2.43. The monoisotopic (exact) mass is 564 g/mol. The second kappa shape index (κ2) is 14.1. The Morgan fingerprint density at radius 3 is 1.77 bits per heavy atom. The molecule has 4 heteroatoms. The molecular formula is C26H35BaClOSi. The van der Waals surface area contributed by atoms with Crippen LogP contribution in [0.5, 0.6) is 0 Å². The maximum absolute atomic E-state index is 6.90. The Hall–Kier alpha value is -0.172. The zero-order valence-corrected chi connectivity index (χ0v) is 25.4. The average molecular weight is 564 g/mol. The molecule has 0 aliphatic carbocycles. The number of halogens is 1. The van der Waals surface area contributed by atoms with Gasteiger partial charge in [-0.2, -0.15) is 0 Å². The zero-order chi connectivity index (χ0) is 20.6. The number of rotatable bonds is 8. The predicted octanol–water partition coefficient (Wildman–Crippen LogP) is 2.69. The van der Waals surface area contributed by atoms with Crippen LogP contribution in [0.3, 0.4) is 0 Å². The van der Waals surface area contributed by atoms with Gasteiger partial charge in [-0.3, -0.25) is 0 Å². The minimum Gasteiger partial charge on any atom is -1.00 e. The van der Waals surface area contributed by atoms with E-state index >= 15 is 0 Å². The summed E-state index contributed by atoms with van der Waals surface area (Å²) in [5, 5.41) is 2.68. The van der Waals surface area contributed by atoms with E-state index in [1.54, 1.807) is 0 Å². The molecule has 0 spiro atoms. The molecule has 2 aromatic rings. The van der Waals surface area contributed by atoms with Crippen molar-refractivity contribution in [3.8, 4) is 0 Å². The molecule has 2 aromatic carbocycles.